The summed E-state index contributed by atoms with van der Waals surface area (Å²) in [5.41, 5.74) is -1.95. The molecular weight excluding hydrogens is 259 g/mol. The lowest BCUT2D eigenvalue weighted by atomic mass is 9.98. The fourth-order valence-corrected chi connectivity index (χ4v) is 1.66. The van der Waals surface area contributed by atoms with Crippen LogP contribution in [0.5, 0.6) is 5.75 Å². The third-order valence-electron chi connectivity index (χ3n) is 2.50. The zero-order valence-corrected chi connectivity index (χ0v) is 9.48. The molecule has 0 fully saturated rings. The molecule has 0 spiro atoms. The Morgan fingerprint density at radius 3 is 2.47 bits per heavy atom. The quantitative estimate of drug-likeness (QED) is 0.851. The van der Waals surface area contributed by atoms with E-state index in [9.17, 15) is 23.1 Å². The first-order valence-electron chi connectivity index (χ1n) is 5.25. The van der Waals surface area contributed by atoms with E-state index in [0.29, 0.717) is 0 Å². The Hall–Kier alpha value is -2.37. The lowest BCUT2D eigenvalue weighted by Crippen LogP contribution is -2.14. The zero-order chi connectivity index (χ0) is 14.0. The molecule has 3 nitrogen and oxygen atoms in total. The molecule has 1 heterocycles. The number of halogens is 3. The van der Waals surface area contributed by atoms with Crippen molar-refractivity contribution in [3.8, 4) is 5.75 Å². The van der Waals surface area contributed by atoms with E-state index in [-0.39, 0.29) is 5.56 Å². The topological polar surface area (TPSA) is 50.2 Å². The Morgan fingerprint density at radius 1 is 1.16 bits per heavy atom. The van der Waals surface area contributed by atoms with E-state index in [1.165, 1.54) is 18.3 Å². The highest BCUT2D eigenvalue weighted by Crippen LogP contribution is 2.36. The maximum atomic E-state index is 12.8. The molecule has 0 saturated carbocycles. The molecule has 1 aromatic carbocycles. The molecule has 0 aliphatic heterocycles. The van der Waals surface area contributed by atoms with Crippen molar-refractivity contribution in [2.24, 2.45) is 0 Å². The number of carbonyl (C=O) groups excluding carboxylic acids is 1. The average Bonchev–Trinajstić information content (AvgIpc) is 2.37. The SMILES string of the molecule is O=C(c1cccnc1)c1c(O)cccc1C(F)(F)F. The van der Waals surface area contributed by atoms with Crippen LogP contribution in [0.25, 0.3) is 0 Å². The number of ketones is 1. The molecule has 0 amide bonds. The van der Waals surface area contributed by atoms with Gasteiger partial charge in [0.15, 0.2) is 5.78 Å². The van der Waals surface area contributed by atoms with E-state index >= 15 is 0 Å². The molecule has 0 atom stereocenters. The average molecular weight is 267 g/mol. The van der Waals surface area contributed by atoms with Crippen molar-refractivity contribution < 1.29 is 23.1 Å². The third-order valence-corrected chi connectivity index (χ3v) is 2.50. The molecule has 98 valence electrons. The van der Waals surface area contributed by atoms with Crippen molar-refractivity contribution in [1.82, 2.24) is 4.98 Å². The van der Waals surface area contributed by atoms with Gasteiger partial charge in [-0.05, 0) is 24.3 Å². The summed E-state index contributed by atoms with van der Waals surface area (Å²) >= 11 is 0. The highest BCUT2D eigenvalue weighted by molar-refractivity contribution is 6.11. The standard InChI is InChI=1S/C13H8F3NO2/c14-13(15,16)9-4-1-5-10(18)11(9)12(19)8-3-2-6-17-7-8/h1-7,18H. The van der Waals surface area contributed by atoms with Crippen LogP contribution in [0.4, 0.5) is 13.2 Å². The fraction of sp³-hybridized carbons (Fsp3) is 0.0769. The molecule has 0 saturated heterocycles. The fourth-order valence-electron chi connectivity index (χ4n) is 1.66. The monoisotopic (exact) mass is 267 g/mol. The van der Waals surface area contributed by atoms with Gasteiger partial charge in [0.1, 0.15) is 5.75 Å². The second kappa shape index (κ2) is 4.72. The molecule has 2 rings (SSSR count). The molecule has 0 radical (unpaired) electrons. The maximum Gasteiger partial charge on any atom is 0.417 e. The van der Waals surface area contributed by atoms with Crippen molar-refractivity contribution in [3.05, 3.63) is 59.4 Å². The predicted molar refractivity (Wildman–Crippen MR) is 60.8 cm³/mol. The van der Waals surface area contributed by atoms with Crippen LogP contribution >= 0.6 is 0 Å². The summed E-state index contributed by atoms with van der Waals surface area (Å²) < 4.78 is 38.5. The van der Waals surface area contributed by atoms with Crippen LogP contribution < -0.4 is 0 Å². The van der Waals surface area contributed by atoms with Gasteiger partial charge in [-0.3, -0.25) is 9.78 Å². The summed E-state index contributed by atoms with van der Waals surface area (Å²) in [5.74, 6) is -1.62. The minimum Gasteiger partial charge on any atom is -0.507 e. The summed E-state index contributed by atoms with van der Waals surface area (Å²) in [6, 6.07) is 5.60. The molecule has 19 heavy (non-hydrogen) atoms. The van der Waals surface area contributed by atoms with Gasteiger partial charge in [0.05, 0.1) is 11.1 Å². The summed E-state index contributed by atoms with van der Waals surface area (Å²) in [6.45, 7) is 0. The van der Waals surface area contributed by atoms with E-state index in [1.54, 1.807) is 0 Å². The van der Waals surface area contributed by atoms with Gasteiger partial charge >= 0.3 is 6.18 Å². The first-order valence-corrected chi connectivity index (χ1v) is 5.25. The summed E-state index contributed by atoms with van der Waals surface area (Å²) in [4.78, 5) is 15.7. The highest BCUT2D eigenvalue weighted by atomic mass is 19.4. The number of benzene rings is 1. The zero-order valence-electron chi connectivity index (χ0n) is 9.48. The smallest absolute Gasteiger partial charge is 0.417 e. The van der Waals surface area contributed by atoms with Gasteiger partial charge in [-0.15, -0.1) is 0 Å². The molecule has 1 aromatic heterocycles. The Balaban J connectivity index is 2.60. The lowest BCUT2D eigenvalue weighted by molar-refractivity contribution is -0.138. The number of hydrogen-bond donors (Lipinski definition) is 1. The number of carbonyl (C=O) groups is 1. The number of aromatic nitrogens is 1. The van der Waals surface area contributed by atoms with Crippen LogP contribution in [0.15, 0.2) is 42.7 Å². The van der Waals surface area contributed by atoms with Crippen LogP contribution in [-0.2, 0) is 6.18 Å². The Kier molecular flexibility index (Phi) is 3.25. The number of rotatable bonds is 2. The van der Waals surface area contributed by atoms with E-state index in [1.807, 2.05) is 0 Å². The molecular formula is C13H8F3NO2. The van der Waals surface area contributed by atoms with Gasteiger partial charge in [0.2, 0.25) is 0 Å². The van der Waals surface area contributed by atoms with E-state index in [4.69, 9.17) is 0 Å². The Morgan fingerprint density at radius 2 is 1.89 bits per heavy atom. The van der Waals surface area contributed by atoms with Crippen LogP contribution in [0, 0.1) is 0 Å². The predicted octanol–water partition coefficient (Wildman–Crippen LogP) is 3.04. The Bertz CT molecular complexity index is 609. The second-order valence-corrected chi connectivity index (χ2v) is 3.77. The number of nitrogens with zero attached hydrogens (tertiary/aromatic N) is 1. The first-order chi connectivity index (χ1) is 8.91. The van der Waals surface area contributed by atoms with E-state index in [0.717, 1.165) is 24.4 Å². The van der Waals surface area contributed by atoms with Gasteiger partial charge in [-0.1, -0.05) is 6.07 Å². The first kappa shape index (κ1) is 13.1. The summed E-state index contributed by atoms with van der Waals surface area (Å²) in [7, 11) is 0. The largest absolute Gasteiger partial charge is 0.507 e. The van der Waals surface area contributed by atoms with Crippen molar-refractivity contribution in [1.29, 1.82) is 0 Å². The van der Waals surface area contributed by atoms with Crippen molar-refractivity contribution in [2.45, 2.75) is 6.18 Å². The molecule has 6 heteroatoms. The number of phenolic OH excluding ortho intramolecular Hbond substituents is 1. The van der Waals surface area contributed by atoms with Crippen molar-refractivity contribution >= 4 is 5.78 Å². The number of aromatic hydroxyl groups is 1. The molecule has 0 aliphatic rings. The molecule has 2 aromatic rings. The van der Waals surface area contributed by atoms with Crippen LogP contribution in [0.1, 0.15) is 21.5 Å². The van der Waals surface area contributed by atoms with Crippen molar-refractivity contribution in [3.63, 3.8) is 0 Å². The normalized spacial score (nSPS) is 11.3. The summed E-state index contributed by atoms with van der Waals surface area (Å²) in [5, 5.41) is 9.55. The summed E-state index contributed by atoms with van der Waals surface area (Å²) in [6.07, 6.45) is -2.17. The van der Waals surface area contributed by atoms with Gasteiger partial charge in [-0.25, -0.2) is 0 Å². The Labute approximate surface area is 106 Å². The van der Waals surface area contributed by atoms with Crippen LogP contribution in [-0.4, -0.2) is 15.9 Å². The number of alkyl halides is 3. The third kappa shape index (κ3) is 2.57. The van der Waals surface area contributed by atoms with Crippen LogP contribution in [0.3, 0.4) is 0 Å². The number of phenols is 1. The lowest BCUT2D eigenvalue weighted by Gasteiger charge is -2.13. The molecule has 0 bridgehead atoms. The van der Waals surface area contributed by atoms with Gasteiger partial charge in [0.25, 0.3) is 0 Å². The maximum absolute atomic E-state index is 12.8. The van der Waals surface area contributed by atoms with E-state index < -0.39 is 28.8 Å². The molecule has 1 N–H and O–H groups in total. The number of pyridine rings is 1. The minimum absolute atomic E-state index is 0.0190. The van der Waals surface area contributed by atoms with Gasteiger partial charge in [0, 0.05) is 18.0 Å². The molecule has 0 aliphatic carbocycles. The van der Waals surface area contributed by atoms with Crippen molar-refractivity contribution in [2.75, 3.05) is 0 Å². The van der Waals surface area contributed by atoms with E-state index in [2.05, 4.69) is 4.98 Å². The number of hydrogen-bond acceptors (Lipinski definition) is 3. The van der Waals surface area contributed by atoms with Gasteiger partial charge in [-0.2, -0.15) is 13.2 Å². The van der Waals surface area contributed by atoms with Crippen LogP contribution in [0.2, 0.25) is 0 Å². The minimum atomic E-state index is -4.72. The van der Waals surface area contributed by atoms with Gasteiger partial charge < -0.3 is 5.11 Å². The highest BCUT2D eigenvalue weighted by Gasteiger charge is 2.36. The second-order valence-electron chi connectivity index (χ2n) is 3.77. The molecule has 0 unspecified atom stereocenters.